The first-order valence-corrected chi connectivity index (χ1v) is 8.41. The second-order valence-corrected chi connectivity index (χ2v) is 7.03. The van der Waals surface area contributed by atoms with Crippen molar-refractivity contribution in [2.45, 2.75) is 45.4 Å². The van der Waals surface area contributed by atoms with Gasteiger partial charge in [-0.3, -0.25) is 9.89 Å². The summed E-state index contributed by atoms with van der Waals surface area (Å²) in [6, 6.07) is 7.62. The quantitative estimate of drug-likeness (QED) is 0.400. The minimum absolute atomic E-state index is 0. The molecule has 0 amide bonds. The van der Waals surface area contributed by atoms with Gasteiger partial charge in [-0.2, -0.15) is 0 Å². The molecular formula is C18H31IN4O2. The summed E-state index contributed by atoms with van der Waals surface area (Å²) in [6.45, 7) is 11.1. The molecule has 0 aliphatic carbocycles. The van der Waals surface area contributed by atoms with Crippen LogP contribution in [0.25, 0.3) is 0 Å². The molecule has 1 heterocycles. The van der Waals surface area contributed by atoms with Crippen molar-refractivity contribution in [2.24, 2.45) is 10.7 Å². The summed E-state index contributed by atoms with van der Waals surface area (Å²) in [4.78, 5) is 6.96. The van der Waals surface area contributed by atoms with Crippen molar-refractivity contribution in [3.8, 4) is 5.75 Å². The molecule has 0 saturated carbocycles. The Morgan fingerprint density at radius 1 is 1.36 bits per heavy atom. The van der Waals surface area contributed by atoms with E-state index >= 15 is 0 Å². The second-order valence-electron chi connectivity index (χ2n) is 7.03. The van der Waals surface area contributed by atoms with E-state index < -0.39 is 0 Å². The van der Waals surface area contributed by atoms with Crippen LogP contribution in [0.15, 0.2) is 29.3 Å². The van der Waals surface area contributed by atoms with Crippen molar-refractivity contribution in [3.63, 3.8) is 0 Å². The number of morpholine rings is 1. The van der Waals surface area contributed by atoms with Crippen LogP contribution in [0.1, 0.15) is 27.7 Å². The van der Waals surface area contributed by atoms with Gasteiger partial charge in [-0.15, -0.1) is 24.0 Å². The van der Waals surface area contributed by atoms with Crippen LogP contribution < -0.4 is 15.8 Å². The molecule has 2 atom stereocenters. The average Bonchev–Trinajstić information content (AvgIpc) is 2.52. The van der Waals surface area contributed by atoms with Crippen LogP contribution >= 0.6 is 24.0 Å². The number of aliphatic imine (C=N–C) groups is 1. The Morgan fingerprint density at radius 2 is 2.00 bits per heavy atom. The molecule has 1 aliphatic rings. The highest BCUT2D eigenvalue weighted by atomic mass is 127. The predicted octanol–water partition coefficient (Wildman–Crippen LogP) is 2.93. The number of ether oxygens (including phenoxy) is 2. The van der Waals surface area contributed by atoms with E-state index in [-0.39, 0.29) is 41.7 Å². The monoisotopic (exact) mass is 462 g/mol. The molecule has 0 aromatic heterocycles. The van der Waals surface area contributed by atoms with E-state index in [4.69, 9.17) is 15.2 Å². The van der Waals surface area contributed by atoms with Crippen molar-refractivity contribution < 1.29 is 9.47 Å². The maximum Gasteiger partial charge on any atom is 0.193 e. The van der Waals surface area contributed by atoms with Crippen LogP contribution in [-0.4, -0.2) is 55.4 Å². The number of nitrogens with two attached hydrogens (primary N) is 1. The molecule has 142 valence electrons. The zero-order valence-electron chi connectivity index (χ0n) is 15.8. The number of halogens is 1. The molecule has 6 nitrogen and oxygen atoms in total. The van der Waals surface area contributed by atoms with Crippen molar-refractivity contribution in [2.75, 3.05) is 32.1 Å². The lowest BCUT2D eigenvalue weighted by Gasteiger charge is -2.44. The maximum absolute atomic E-state index is 6.04. The van der Waals surface area contributed by atoms with Gasteiger partial charge in [-0.05, 0) is 39.8 Å². The number of hydrogen-bond donors (Lipinski definition) is 2. The van der Waals surface area contributed by atoms with Gasteiger partial charge in [-0.25, -0.2) is 0 Å². The van der Waals surface area contributed by atoms with Crippen LogP contribution in [0.3, 0.4) is 0 Å². The number of hydrogen-bond acceptors (Lipinski definition) is 4. The molecule has 0 radical (unpaired) electrons. The number of nitrogens with one attached hydrogen (secondary N) is 1. The molecule has 0 spiro atoms. The Labute approximate surface area is 168 Å². The van der Waals surface area contributed by atoms with Gasteiger partial charge in [-0.1, -0.05) is 6.07 Å². The molecule has 3 N–H and O–H groups in total. The third-order valence-electron chi connectivity index (χ3n) is 4.25. The highest BCUT2D eigenvalue weighted by Gasteiger charge is 2.33. The number of anilines is 1. The van der Waals surface area contributed by atoms with Gasteiger partial charge in [0.1, 0.15) is 5.75 Å². The van der Waals surface area contributed by atoms with E-state index in [1.807, 2.05) is 24.3 Å². The van der Waals surface area contributed by atoms with Gasteiger partial charge in [0, 0.05) is 30.4 Å². The number of benzene rings is 1. The molecule has 2 rings (SSSR count). The molecule has 2 unspecified atom stereocenters. The van der Waals surface area contributed by atoms with E-state index in [0.29, 0.717) is 12.5 Å². The second kappa shape index (κ2) is 9.59. The van der Waals surface area contributed by atoms with Crippen LogP contribution in [0.4, 0.5) is 5.69 Å². The highest BCUT2D eigenvalue weighted by molar-refractivity contribution is 14.0. The Bertz CT molecular complexity index is 570. The van der Waals surface area contributed by atoms with Crippen molar-refractivity contribution in [3.05, 3.63) is 24.3 Å². The van der Waals surface area contributed by atoms with Crippen LogP contribution in [0.2, 0.25) is 0 Å². The molecule has 1 aromatic carbocycles. The molecule has 7 heteroatoms. The summed E-state index contributed by atoms with van der Waals surface area (Å²) >= 11 is 0. The Kier molecular flexibility index (Phi) is 8.43. The largest absolute Gasteiger partial charge is 0.497 e. The first-order chi connectivity index (χ1) is 11.3. The number of guanidine groups is 1. The Hall–Kier alpha value is -1.06. The van der Waals surface area contributed by atoms with Crippen LogP contribution in [-0.2, 0) is 4.74 Å². The first-order valence-electron chi connectivity index (χ1n) is 8.41. The minimum atomic E-state index is -0.0764. The lowest BCUT2D eigenvalue weighted by molar-refractivity contribution is -0.0939. The fraction of sp³-hybridized carbons (Fsp3) is 0.611. The fourth-order valence-electron chi connectivity index (χ4n) is 2.94. The van der Waals surface area contributed by atoms with Crippen molar-refractivity contribution in [1.82, 2.24) is 4.90 Å². The van der Waals surface area contributed by atoms with Crippen LogP contribution in [0.5, 0.6) is 5.75 Å². The summed E-state index contributed by atoms with van der Waals surface area (Å²) in [6.07, 6.45) is 0.480. The van der Waals surface area contributed by atoms with Crippen LogP contribution in [0, 0.1) is 0 Å². The molecule has 1 aliphatic heterocycles. The summed E-state index contributed by atoms with van der Waals surface area (Å²) < 4.78 is 11.0. The van der Waals surface area contributed by atoms with E-state index in [0.717, 1.165) is 24.5 Å². The van der Waals surface area contributed by atoms with Gasteiger partial charge >= 0.3 is 0 Å². The fourth-order valence-corrected chi connectivity index (χ4v) is 2.94. The van der Waals surface area contributed by atoms with E-state index in [2.05, 4.69) is 42.9 Å². The van der Waals surface area contributed by atoms with Gasteiger partial charge in [0.2, 0.25) is 0 Å². The third kappa shape index (κ3) is 6.63. The van der Waals surface area contributed by atoms with Gasteiger partial charge < -0.3 is 20.5 Å². The zero-order chi connectivity index (χ0) is 17.7. The normalized spacial score (nSPS) is 22.2. The maximum atomic E-state index is 6.04. The first kappa shape index (κ1) is 22.0. The number of methoxy groups -OCH3 is 1. The lowest BCUT2D eigenvalue weighted by Crippen LogP contribution is -2.56. The Balaban J connectivity index is 0.00000312. The molecule has 1 fully saturated rings. The van der Waals surface area contributed by atoms with E-state index in [1.54, 1.807) is 7.11 Å². The SMILES string of the molecule is COc1cccc(NC(N)=NCC(C)(C)N2CC(C)OC(C)C2)c1.I. The third-order valence-corrected chi connectivity index (χ3v) is 4.25. The summed E-state index contributed by atoms with van der Waals surface area (Å²) in [7, 11) is 1.64. The number of nitrogens with zero attached hydrogens (tertiary/aromatic N) is 2. The van der Waals surface area contributed by atoms with E-state index in [9.17, 15) is 0 Å². The van der Waals surface area contributed by atoms with Gasteiger partial charge in [0.05, 0.1) is 25.9 Å². The van der Waals surface area contributed by atoms with Crippen molar-refractivity contribution in [1.29, 1.82) is 0 Å². The van der Waals surface area contributed by atoms with Gasteiger partial charge in [0.25, 0.3) is 0 Å². The van der Waals surface area contributed by atoms with Crippen molar-refractivity contribution >= 4 is 35.6 Å². The van der Waals surface area contributed by atoms with E-state index in [1.165, 1.54) is 0 Å². The molecule has 0 bridgehead atoms. The summed E-state index contributed by atoms with van der Waals surface area (Å²) in [5, 5.41) is 3.11. The minimum Gasteiger partial charge on any atom is -0.497 e. The summed E-state index contributed by atoms with van der Waals surface area (Å²) in [5.41, 5.74) is 6.83. The molecule has 1 saturated heterocycles. The van der Waals surface area contributed by atoms with Gasteiger partial charge in [0.15, 0.2) is 5.96 Å². The standard InChI is InChI=1S/C18H30N4O2.HI/c1-13-10-22(11-14(2)24-13)18(3,4)12-20-17(19)21-15-7-6-8-16(9-15)23-5;/h6-9,13-14H,10-12H2,1-5H3,(H3,19,20,21);1H. The molecule has 1 aromatic rings. The predicted molar refractivity (Wildman–Crippen MR) is 114 cm³/mol. The smallest absolute Gasteiger partial charge is 0.193 e. The Morgan fingerprint density at radius 3 is 2.60 bits per heavy atom. The average molecular weight is 462 g/mol. The molecule has 25 heavy (non-hydrogen) atoms. The highest BCUT2D eigenvalue weighted by Crippen LogP contribution is 2.22. The topological polar surface area (TPSA) is 72.1 Å². The number of rotatable bonds is 5. The summed E-state index contributed by atoms with van der Waals surface area (Å²) in [5.74, 6) is 1.19. The lowest BCUT2D eigenvalue weighted by atomic mass is 10.0. The zero-order valence-corrected chi connectivity index (χ0v) is 18.1. The molecular weight excluding hydrogens is 431 g/mol.